The fourth-order valence-electron chi connectivity index (χ4n) is 2.35. The van der Waals surface area contributed by atoms with Crippen molar-refractivity contribution in [1.29, 1.82) is 0 Å². The molecule has 1 fully saturated rings. The molecule has 0 unspecified atom stereocenters. The van der Waals surface area contributed by atoms with Gasteiger partial charge in [0.05, 0.1) is 12.5 Å². The van der Waals surface area contributed by atoms with Crippen molar-refractivity contribution in [3.05, 3.63) is 35.9 Å². The normalized spacial score (nSPS) is 18.5. The van der Waals surface area contributed by atoms with Crippen LogP contribution < -0.4 is 0 Å². The van der Waals surface area contributed by atoms with Crippen molar-refractivity contribution >= 4 is 11.9 Å². The van der Waals surface area contributed by atoms with Gasteiger partial charge in [-0.1, -0.05) is 30.3 Å². The molecular weight excluding hydrogens is 268 g/mol. The summed E-state index contributed by atoms with van der Waals surface area (Å²) >= 11 is 0. The molecule has 0 bridgehead atoms. The average Bonchev–Trinajstić information content (AvgIpc) is 2.94. The maximum atomic E-state index is 12.0. The van der Waals surface area contributed by atoms with Crippen LogP contribution in [0.25, 0.3) is 0 Å². The van der Waals surface area contributed by atoms with E-state index in [2.05, 4.69) is 0 Å². The van der Waals surface area contributed by atoms with E-state index in [0.717, 1.165) is 18.5 Å². The zero-order valence-electron chi connectivity index (χ0n) is 12.6. The van der Waals surface area contributed by atoms with E-state index in [4.69, 9.17) is 4.74 Å². The number of likely N-dealkylation sites (N-methyl/N-ethyl adjacent to an activating group) is 1. The van der Waals surface area contributed by atoms with Gasteiger partial charge in [0.2, 0.25) is 5.91 Å². The molecule has 1 aromatic carbocycles. The minimum absolute atomic E-state index is 0.0632. The van der Waals surface area contributed by atoms with Crippen LogP contribution in [0.3, 0.4) is 0 Å². The molecule has 1 aliphatic rings. The Labute approximate surface area is 125 Å². The van der Waals surface area contributed by atoms with E-state index in [1.807, 2.05) is 35.2 Å². The highest BCUT2D eigenvalue weighted by atomic mass is 16.5. The number of ether oxygens (including phenoxy) is 1. The molecule has 5 heteroatoms. The fraction of sp³-hybridized carbons (Fsp3) is 0.500. The molecule has 0 aliphatic carbocycles. The van der Waals surface area contributed by atoms with E-state index >= 15 is 0 Å². The molecule has 0 saturated carbocycles. The predicted molar refractivity (Wildman–Crippen MR) is 79.5 cm³/mol. The molecule has 0 radical (unpaired) electrons. The number of esters is 1. The topological polar surface area (TPSA) is 49.9 Å². The number of rotatable bonds is 5. The van der Waals surface area contributed by atoms with Gasteiger partial charge in [0, 0.05) is 20.6 Å². The highest BCUT2D eigenvalue weighted by molar-refractivity contribution is 5.78. The Kier molecular flexibility index (Phi) is 5.33. The molecule has 1 atom stereocenters. The second-order valence-corrected chi connectivity index (χ2v) is 5.60. The lowest BCUT2D eigenvalue weighted by Gasteiger charge is -2.18. The van der Waals surface area contributed by atoms with Crippen molar-refractivity contribution in [1.82, 2.24) is 9.80 Å². The molecule has 2 rings (SSSR count). The molecule has 5 nitrogen and oxygen atoms in total. The zero-order valence-corrected chi connectivity index (χ0v) is 12.6. The molecular formula is C16H22N2O3. The highest BCUT2D eigenvalue weighted by Crippen LogP contribution is 2.18. The molecule has 1 aliphatic heterocycles. The summed E-state index contributed by atoms with van der Waals surface area (Å²) in [6.07, 6.45) is 0.758. The number of carbonyl (C=O) groups excluding carboxylic acids is 2. The van der Waals surface area contributed by atoms with Gasteiger partial charge < -0.3 is 9.64 Å². The Morgan fingerprint density at radius 2 is 2.00 bits per heavy atom. The van der Waals surface area contributed by atoms with Gasteiger partial charge in [-0.3, -0.25) is 14.5 Å². The average molecular weight is 290 g/mol. The maximum absolute atomic E-state index is 12.0. The van der Waals surface area contributed by atoms with Gasteiger partial charge >= 0.3 is 5.97 Å². The summed E-state index contributed by atoms with van der Waals surface area (Å²) in [5.74, 6) is -0.226. The largest absolute Gasteiger partial charge is 0.461 e. The van der Waals surface area contributed by atoms with Crippen LogP contribution in [0.5, 0.6) is 0 Å². The van der Waals surface area contributed by atoms with Crippen molar-refractivity contribution in [3.63, 3.8) is 0 Å². The van der Waals surface area contributed by atoms with E-state index < -0.39 is 0 Å². The molecule has 0 aromatic heterocycles. The van der Waals surface area contributed by atoms with Gasteiger partial charge in [-0.25, -0.2) is 0 Å². The Hall–Kier alpha value is -1.88. The number of benzene rings is 1. The van der Waals surface area contributed by atoms with E-state index in [9.17, 15) is 9.59 Å². The van der Waals surface area contributed by atoms with Crippen LogP contribution in [0.1, 0.15) is 12.0 Å². The third kappa shape index (κ3) is 4.56. The van der Waals surface area contributed by atoms with Gasteiger partial charge in [0.25, 0.3) is 0 Å². The number of amides is 1. The van der Waals surface area contributed by atoms with Gasteiger partial charge in [-0.15, -0.1) is 0 Å². The lowest BCUT2D eigenvalue weighted by Crippen LogP contribution is -2.35. The van der Waals surface area contributed by atoms with Crippen LogP contribution in [0.2, 0.25) is 0 Å². The third-order valence-electron chi connectivity index (χ3n) is 3.69. The molecule has 1 amide bonds. The van der Waals surface area contributed by atoms with Gasteiger partial charge in [0.1, 0.15) is 6.61 Å². The van der Waals surface area contributed by atoms with E-state index in [-0.39, 0.29) is 17.8 Å². The molecule has 21 heavy (non-hydrogen) atoms. The smallest absolute Gasteiger partial charge is 0.310 e. The van der Waals surface area contributed by atoms with Gasteiger partial charge in [0.15, 0.2) is 0 Å². The summed E-state index contributed by atoms with van der Waals surface area (Å²) in [7, 11) is 3.48. The molecule has 1 aromatic rings. The van der Waals surface area contributed by atoms with Gasteiger partial charge in [-0.05, 0) is 18.5 Å². The van der Waals surface area contributed by atoms with Crippen molar-refractivity contribution < 1.29 is 14.3 Å². The summed E-state index contributed by atoms with van der Waals surface area (Å²) in [5.41, 5.74) is 0.989. The van der Waals surface area contributed by atoms with Crippen LogP contribution in [0.15, 0.2) is 30.3 Å². The number of likely N-dealkylation sites (tertiary alicyclic amines) is 1. The molecule has 1 saturated heterocycles. The summed E-state index contributed by atoms with van der Waals surface area (Å²) < 4.78 is 5.35. The lowest BCUT2D eigenvalue weighted by molar-refractivity contribution is -0.149. The van der Waals surface area contributed by atoms with E-state index in [1.54, 1.807) is 19.0 Å². The van der Waals surface area contributed by atoms with Crippen molar-refractivity contribution in [2.45, 2.75) is 13.0 Å². The number of hydrogen-bond acceptors (Lipinski definition) is 4. The summed E-state index contributed by atoms with van der Waals surface area (Å²) in [6.45, 7) is 2.06. The number of hydrogen-bond donors (Lipinski definition) is 0. The molecule has 1 heterocycles. The molecule has 114 valence electrons. The fourth-order valence-corrected chi connectivity index (χ4v) is 2.35. The molecule has 0 N–H and O–H groups in total. The highest BCUT2D eigenvalue weighted by Gasteiger charge is 2.30. The van der Waals surface area contributed by atoms with Crippen molar-refractivity contribution in [2.24, 2.45) is 5.92 Å². The summed E-state index contributed by atoms with van der Waals surface area (Å²) in [5, 5.41) is 0. The standard InChI is InChI=1S/C16H22N2O3/c1-17(2)15(19)11-18-9-8-14(10-18)16(20)21-12-13-6-4-3-5-7-13/h3-7,14H,8-12H2,1-2H3/t14-/m1/s1. The quantitative estimate of drug-likeness (QED) is 0.763. The van der Waals surface area contributed by atoms with Crippen LogP contribution in [-0.4, -0.2) is 55.4 Å². The monoisotopic (exact) mass is 290 g/mol. The summed E-state index contributed by atoms with van der Waals surface area (Å²) in [4.78, 5) is 27.3. The van der Waals surface area contributed by atoms with Crippen LogP contribution in [0.4, 0.5) is 0 Å². The maximum Gasteiger partial charge on any atom is 0.310 e. The van der Waals surface area contributed by atoms with Crippen molar-refractivity contribution in [3.8, 4) is 0 Å². The number of nitrogens with zero attached hydrogens (tertiary/aromatic N) is 2. The first kappa shape index (κ1) is 15.5. The Balaban J connectivity index is 1.76. The third-order valence-corrected chi connectivity index (χ3v) is 3.69. The van der Waals surface area contributed by atoms with E-state index in [0.29, 0.717) is 19.7 Å². The number of carbonyl (C=O) groups is 2. The Morgan fingerprint density at radius 1 is 1.29 bits per heavy atom. The van der Waals surface area contributed by atoms with E-state index in [1.165, 1.54) is 0 Å². The second kappa shape index (κ2) is 7.22. The first-order valence-corrected chi connectivity index (χ1v) is 7.19. The first-order valence-electron chi connectivity index (χ1n) is 7.19. The lowest BCUT2D eigenvalue weighted by atomic mass is 10.1. The van der Waals surface area contributed by atoms with Crippen LogP contribution >= 0.6 is 0 Å². The van der Waals surface area contributed by atoms with Crippen molar-refractivity contribution in [2.75, 3.05) is 33.7 Å². The summed E-state index contributed by atoms with van der Waals surface area (Å²) in [6, 6.07) is 9.65. The van der Waals surface area contributed by atoms with Crippen LogP contribution in [0, 0.1) is 5.92 Å². The first-order chi connectivity index (χ1) is 10.1. The van der Waals surface area contributed by atoms with Gasteiger partial charge in [-0.2, -0.15) is 0 Å². The Morgan fingerprint density at radius 3 is 2.67 bits per heavy atom. The minimum Gasteiger partial charge on any atom is -0.461 e. The Bertz CT molecular complexity index is 488. The second-order valence-electron chi connectivity index (χ2n) is 5.60. The van der Waals surface area contributed by atoms with Crippen LogP contribution in [-0.2, 0) is 20.9 Å². The minimum atomic E-state index is -0.168. The molecule has 0 spiro atoms. The zero-order chi connectivity index (χ0) is 15.2. The predicted octanol–water partition coefficient (Wildman–Crippen LogP) is 1.14. The SMILES string of the molecule is CN(C)C(=O)CN1CC[C@@H](C(=O)OCc2ccccc2)C1.